The molecule has 0 radical (unpaired) electrons. The van der Waals surface area contributed by atoms with Crippen LogP contribution >= 0.6 is 24.0 Å². The molecule has 0 amide bonds. The second kappa shape index (κ2) is 15.8. The molecule has 0 bridgehead atoms. The van der Waals surface area contributed by atoms with Crippen LogP contribution in [-0.2, 0) is 9.47 Å². The second-order valence-corrected chi connectivity index (χ2v) is 5.46. The summed E-state index contributed by atoms with van der Waals surface area (Å²) in [6, 6.07) is 0.593. The predicted molar refractivity (Wildman–Crippen MR) is 103 cm³/mol. The van der Waals surface area contributed by atoms with Crippen LogP contribution in [0.2, 0.25) is 0 Å². The van der Waals surface area contributed by atoms with E-state index in [-0.39, 0.29) is 24.0 Å². The Morgan fingerprint density at radius 2 is 1.73 bits per heavy atom. The van der Waals surface area contributed by atoms with Crippen molar-refractivity contribution in [1.29, 1.82) is 0 Å². The minimum Gasteiger partial charge on any atom is -0.379 e. The van der Waals surface area contributed by atoms with Gasteiger partial charge in [0.15, 0.2) is 5.96 Å². The zero-order chi connectivity index (χ0) is 15.2. The highest BCUT2D eigenvalue weighted by molar-refractivity contribution is 14.0. The van der Waals surface area contributed by atoms with E-state index >= 15 is 0 Å². The van der Waals surface area contributed by atoms with E-state index in [9.17, 15) is 0 Å². The minimum absolute atomic E-state index is 0. The van der Waals surface area contributed by atoms with Gasteiger partial charge in [-0.25, -0.2) is 0 Å². The molecule has 0 atom stereocenters. The zero-order valence-electron chi connectivity index (χ0n) is 14.2. The number of aliphatic imine (C=N–C) groups is 1. The monoisotopic (exact) mass is 427 g/mol. The fourth-order valence-electron chi connectivity index (χ4n) is 2.37. The second-order valence-electron chi connectivity index (χ2n) is 5.46. The van der Waals surface area contributed by atoms with Gasteiger partial charge in [-0.15, -0.1) is 24.0 Å². The lowest BCUT2D eigenvalue weighted by Gasteiger charge is -2.16. The first-order chi connectivity index (χ1) is 10.4. The van der Waals surface area contributed by atoms with Crippen LogP contribution in [0.5, 0.6) is 0 Å². The minimum atomic E-state index is 0. The molecular formula is C16H34IN3O2. The predicted octanol–water partition coefficient (Wildman–Crippen LogP) is 2.94. The number of hydrogen-bond acceptors (Lipinski definition) is 3. The van der Waals surface area contributed by atoms with Gasteiger partial charge in [0.2, 0.25) is 0 Å². The molecule has 0 spiro atoms. The molecule has 22 heavy (non-hydrogen) atoms. The lowest BCUT2D eigenvalue weighted by molar-refractivity contribution is 0.0497. The standard InChI is InChI=1S/C16H33N3O2.HI/c1-3-5-11-20-13-14-21-12-10-18-16(17-4-2)19-15-8-6-7-9-15;/h15H,3-14H2,1-2H3,(H2,17,18,19);1H. The van der Waals surface area contributed by atoms with Crippen LogP contribution in [0.1, 0.15) is 52.4 Å². The first-order valence-electron chi connectivity index (χ1n) is 8.57. The molecule has 0 heterocycles. The molecule has 1 saturated carbocycles. The summed E-state index contributed by atoms with van der Waals surface area (Å²) in [5.41, 5.74) is 0. The third-order valence-corrected chi connectivity index (χ3v) is 3.56. The van der Waals surface area contributed by atoms with Crippen molar-refractivity contribution in [3.05, 3.63) is 0 Å². The average Bonchev–Trinajstić information content (AvgIpc) is 2.98. The van der Waals surface area contributed by atoms with Crippen molar-refractivity contribution in [3.8, 4) is 0 Å². The van der Waals surface area contributed by atoms with Crippen molar-refractivity contribution in [3.63, 3.8) is 0 Å². The molecule has 0 saturated heterocycles. The van der Waals surface area contributed by atoms with Crippen molar-refractivity contribution >= 4 is 29.9 Å². The number of nitrogens with one attached hydrogen (secondary N) is 2. The Balaban J connectivity index is 0.00000441. The van der Waals surface area contributed by atoms with E-state index in [2.05, 4.69) is 29.5 Å². The molecule has 0 aromatic carbocycles. The fraction of sp³-hybridized carbons (Fsp3) is 0.938. The summed E-state index contributed by atoms with van der Waals surface area (Å²) < 4.78 is 11.0. The van der Waals surface area contributed by atoms with Gasteiger partial charge in [0.05, 0.1) is 26.4 Å². The van der Waals surface area contributed by atoms with Gasteiger partial charge in [-0.05, 0) is 26.2 Å². The van der Waals surface area contributed by atoms with Gasteiger partial charge in [0, 0.05) is 19.2 Å². The van der Waals surface area contributed by atoms with Crippen LogP contribution in [0.15, 0.2) is 4.99 Å². The molecule has 1 aliphatic rings. The molecule has 132 valence electrons. The SMILES string of the molecule is CCCCOCCOCCN=C(NCC)NC1CCCC1.I. The Morgan fingerprint density at radius 3 is 2.36 bits per heavy atom. The van der Waals surface area contributed by atoms with E-state index in [1.807, 2.05) is 0 Å². The van der Waals surface area contributed by atoms with Gasteiger partial charge in [0.1, 0.15) is 0 Å². The summed E-state index contributed by atoms with van der Waals surface area (Å²) >= 11 is 0. The van der Waals surface area contributed by atoms with Crippen LogP contribution in [0.3, 0.4) is 0 Å². The summed E-state index contributed by atoms with van der Waals surface area (Å²) in [7, 11) is 0. The lowest BCUT2D eigenvalue weighted by atomic mass is 10.2. The Morgan fingerprint density at radius 1 is 1.05 bits per heavy atom. The van der Waals surface area contributed by atoms with Crippen LogP contribution < -0.4 is 10.6 Å². The molecule has 1 rings (SSSR count). The Kier molecular flexibility index (Phi) is 15.7. The van der Waals surface area contributed by atoms with E-state index in [1.165, 1.54) is 32.1 Å². The highest BCUT2D eigenvalue weighted by Crippen LogP contribution is 2.17. The third-order valence-electron chi connectivity index (χ3n) is 3.56. The topological polar surface area (TPSA) is 54.9 Å². The Hall–Kier alpha value is -0.0800. The molecule has 0 aliphatic heterocycles. The number of ether oxygens (including phenoxy) is 2. The lowest BCUT2D eigenvalue weighted by Crippen LogP contribution is -2.42. The van der Waals surface area contributed by atoms with Gasteiger partial charge in [-0.2, -0.15) is 0 Å². The van der Waals surface area contributed by atoms with Crippen LogP contribution in [0, 0.1) is 0 Å². The first-order valence-corrected chi connectivity index (χ1v) is 8.57. The molecule has 5 nitrogen and oxygen atoms in total. The van der Waals surface area contributed by atoms with E-state index in [1.54, 1.807) is 0 Å². The fourth-order valence-corrected chi connectivity index (χ4v) is 2.37. The maximum atomic E-state index is 5.52. The third kappa shape index (κ3) is 11.5. The molecule has 0 unspecified atom stereocenters. The van der Waals surface area contributed by atoms with E-state index in [0.717, 1.165) is 25.5 Å². The molecule has 2 N–H and O–H groups in total. The number of halogens is 1. The van der Waals surface area contributed by atoms with E-state index in [4.69, 9.17) is 9.47 Å². The van der Waals surface area contributed by atoms with Gasteiger partial charge in [-0.3, -0.25) is 4.99 Å². The van der Waals surface area contributed by atoms with Crippen molar-refractivity contribution in [2.45, 2.75) is 58.4 Å². The summed E-state index contributed by atoms with van der Waals surface area (Å²) in [6.45, 7) is 8.68. The normalized spacial score (nSPS) is 15.6. The zero-order valence-corrected chi connectivity index (χ0v) is 16.6. The maximum absolute atomic E-state index is 5.52. The number of rotatable bonds is 11. The maximum Gasteiger partial charge on any atom is 0.191 e. The summed E-state index contributed by atoms with van der Waals surface area (Å²) in [5.74, 6) is 0.923. The summed E-state index contributed by atoms with van der Waals surface area (Å²) in [5, 5.41) is 6.79. The highest BCUT2D eigenvalue weighted by atomic mass is 127. The van der Waals surface area contributed by atoms with Gasteiger partial charge < -0.3 is 20.1 Å². The van der Waals surface area contributed by atoms with E-state index in [0.29, 0.717) is 32.4 Å². The molecule has 1 aliphatic carbocycles. The molecule has 0 aromatic rings. The smallest absolute Gasteiger partial charge is 0.191 e. The number of unbranched alkanes of at least 4 members (excludes halogenated alkanes) is 1. The Labute approximate surface area is 153 Å². The van der Waals surface area contributed by atoms with Crippen molar-refractivity contribution in [1.82, 2.24) is 10.6 Å². The largest absolute Gasteiger partial charge is 0.379 e. The molecule has 0 aromatic heterocycles. The van der Waals surface area contributed by atoms with Crippen LogP contribution in [-0.4, -0.2) is 51.5 Å². The summed E-state index contributed by atoms with van der Waals surface area (Å²) in [4.78, 5) is 4.55. The van der Waals surface area contributed by atoms with E-state index < -0.39 is 0 Å². The Bertz CT molecular complexity index is 272. The molecule has 6 heteroatoms. The van der Waals surface area contributed by atoms with Crippen molar-refractivity contribution in [2.75, 3.05) is 39.5 Å². The van der Waals surface area contributed by atoms with Gasteiger partial charge in [0.25, 0.3) is 0 Å². The number of guanidine groups is 1. The van der Waals surface area contributed by atoms with Gasteiger partial charge in [-0.1, -0.05) is 26.2 Å². The van der Waals surface area contributed by atoms with Gasteiger partial charge >= 0.3 is 0 Å². The summed E-state index contributed by atoms with van der Waals surface area (Å²) in [6.07, 6.45) is 7.49. The molecular weight excluding hydrogens is 393 g/mol. The quantitative estimate of drug-likeness (QED) is 0.231. The van der Waals surface area contributed by atoms with Crippen molar-refractivity contribution < 1.29 is 9.47 Å². The van der Waals surface area contributed by atoms with Crippen LogP contribution in [0.4, 0.5) is 0 Å². The number of nitrogens with zero attached hydrogens (tertiary/aromatic N) is 1. The number of hydrogen-bond donors (Lipinski definition) is 2. The highest BCUT2D eigenvalue weighted by Gasteiger charge is 2.15. The molecule has 1 fully saturated rings. The van der Waals surface area contributed by atoms with Crippen molar-refractivity contribution in [2.24, 2.45) is 4.99 Å². The van der Waals surface area contributed by atoms with Crippen LogP contribution in [0.25, 0.3) is 0 Å². The average molecular weight is 427 g/mol. The first kappa shape index (κ1) is 21.9.